The summed E-state index contributed by atoms with van der Waals surface area (Å²) in [5, 5.41) is 12.3. The lowest BCUT2D eigenvalue weighted by molar-refractivity contribution is 0.232. The van der Waals surface area contributed by atoms with Crippen molar-refractivity contribution >= 4 is 0 Å². The Hall–Kier alpha value is -1.60. The van der Waals surface area contributed by atoms with Gasteiger partial charge >= 0.3 is 0 Å². The molecule has 4 nitrogen and oxygen atoms in total. The molecule has 0 aliphatic heterocycles. The van der Waals surface area contributed by atoms with Crippen molar-refractivity contribution in [2.45, 2.75) is 59.0 Å². The van der Waals surface area contributed by atoms with Crippen LogP contribution in [0.5, 0.6) is 5.75 Å². The van der Waals surface area contributed by atoms with E-state index in [2.05, 4.69) is 37.1 Å². The number of ether oxygens (including phenoxy) is 1. The zero-order chi connectivity index (χ0) is 15.5. The summed E-state index contributed by atoms with van der Waals surface area (Å²) in [6.07, 6.45) is 2.77. The van der Waals surface area contributed by atoms with Crippen molar-refractivity contribution < 1.29 is 4.74 Å². The molecule has 2 rings (SSSR count). The summed E-state index contributed by atoms with van der Waals surface area (Å²) >= 11 is 0. The quantitative estimate of drug-likeness (QED) is 0.871. The average Bonchev–Trinajstić information content (AvgIpc) is 3.15. The van der Waals surface area contributed by atoms with Gasteiger partial charge in [0.15, 0.2) is 0 Å². The van der Waals surface area contributed by atoms with Gasteiger partial charge < -0.3 is 10.1 Å². The van der Waals surface area contributed by atoms with Crippen molar-refractivity contribution in [1.82, 2.24) is 10.3 Å². The Morgan fingerprint density at radius 3 is 2.67 bits per heavy atom. The number of aryl methyl sites for hydroxylation is 1. The van der Waals surface area contributed by atoms with Crippen LogP contribution in [-0.2, 0) is 6.54 Å². The largest absolute Gasteiger partial charge is 0.491 e. The van der Waals surface area contributed by atoms with Crippen molar-refractivity contribution in [3.63, 3.8) is 0 Å². The number of nitrogens with zero attached hydrogens (tertiary/aromatic N) is 2. The molecule has 1 aromatic heterocycles. The minimum absolute atomic E-state index is 0.0429. The summed E-state index contributed by atoms with van der Waals surface area (Å²) in [4.78, 5) is 4.59. The van der Waals surface area contributed by atoms with E-state index in [1.165, 1.54) is 0 Å². The fraction of sp³-hybridized carbons (Fsp3) is 0.647. The van der Waals surface area contributed by atoms with E-state index in [9.17, 15) is 0 Å². The van der Waals surface area contributed by atoms with Crippen LogP contribution in [-0.4, -0.2) is 17.1 Å². The van der Waals surface area contributed by atoms with Crippen LogP contribution in [0.1, 0.15) is 51.4 Å². The van der Waals surface area contributed by atoms with E-state index in [1.807, 2.05) is 19.1 Å². The normalized spacial score (nSPS) is 16.3. The third-order valence-electron chi connectivity index (χ3n) is 3.80. The molecule has 0 bridgehead atoms. The van der Waals surface area contributed by atoms with Gasteiger partial charge in [-0.05, 0) is 52.7 Å². The summed E-state index contributed by atoms with van der Waals surface area (Å²) in [6.45, 7) is 9.70. The first-order chi connectivity index (χ1) is 9.84. The van der Waals surface area contributed by atoms with Gasteiger partial charge in [-0.15, -0.1) is 0 Å². The number of aromatic nitrogens is 1. The predicted molar refractivity (Wildman–Crippen MR) is 83.0 cm³/mol. The molecule has 0 aromatic carbocycles. The van der Waals surface area contributed by atoms with Gasteiger partial charge in [0.2, 0.25) is 0 Å². The van der Waals surface area contributed by atoms with E-state index in [4.69, 9.17) is 10.00 Å². The van der Waals surface area contributed by atoms with Gasteiger partial charge in [0, 0.05) is 29.6 Å². The Balaban J connectivity index is 2.03. The standard InChI is InChI=1S/C17H25N3O/c1-13-5-6-15(14(20-13)11-19-16(2,3)4)21-12-17(7-8-17)9-10-18/h5-6,19H,7-9,11-12H2,1-4H3. The number of rotatable bonds is 6. The lowest BCUT2D eigenvalue weighted by atomic mass is 10.1. The van der Waals surface area contributed by atoms with Gasteiger partial charge in [0.05, 0.1) is 18.4 Å². The van der Waals surface area contributed by atoms with E-state index < -0.39 is 0 Å². The zero-order valence-corrected chi connectivity index (χ0v) is 13.5. The second kappa shape index (κ2) is 6.03. The SMILES string of the molecule is Cc1ccc(OCC2(CC#N)CC2)c(CNC(C)(C)C)n1. The average molecular weight is 287 g/mol. The van der Waals surface area contributed by atoms with Crippen LogP contribution in [0, 0.1) is 23.7 Å². The lowest BCUT2D eigenvalue weighted by Gasteiger charge is -2.22. The van der Waals surface area contributed by atoms with Crippen LogP contribution in [0.2, 0.25) is 0 Å². The van der Waals surface area contributed by atoms with Crippen molar-refractivity contribution in [2.24, 2.45) is 5.41 Å². The third kappa shape index (κ3) is 4.71. The Kier molecular flexibility index (Phi) is 4.53. The van der Waals surface area contributed by atoms with Crippen molar-refractivity contribution in [3.05, 3.63) is 23.5 Å². The molecule has 4 heteroatoms. The Bertz CT molecular complexity index is 536. The molecule has 0 radical (unpaired) electrons. The fourth-order valence-electron chi connectivity index (χ4n) is 2.15. The Morgan fingerprint density at radius 1 is 1.38 bits per heavy atom. The molecule has 0 saturated heterocycles. The zero-order valence-electron chi connectivity index (χ0n) is 13.5. The maximum absolute atomic E-state index is 8.88. The molecule has 1 saturated carbocycles. The summed E-state index contributed by atoms with van der Waals surface area (Å²) in [7, 11) is 0. The highest BCUT2D eigenvalue weighted by Crippen LogP contribution is 2.48. The Labute approximate surface area is 127 Å². The Morgan fingerprint density at radius 2 is 2.10 bits per heavy atom. The van der Waals surface area contributed by atoms with E-state index in [-0.39, 0.29) is 11.0 Å². The number of hydrogen-bond acceptors (Lipinski definition) is 4. The fourth-order valence-corrected chi connectivity index (χ4v) is 2.15. The third-order valence-corrected chi connectivity index (χ3v) is 3.80. The van der Waals surface area contributed by atoms with E-state index in [0.717, 1.165) is 30.0 Å². The molecule has 0 amide bonds. The molecular weight excluding hydrogens is 262 g/mol. The molecule has 1 heterocycles. The maximum Gasteiger partial charge on any atom is 0.142 e. The van der Waals surface area contributed by atoms with Crippen LogP contribution in [0.25, 0.3) is 0 Å². The predicted octanol–water partition coefficient (Wildman–Crippen LogP) is 3.35. The maximum atomic E-state index is 8.88. The molecule has 1 aliphatic rings. The second-order valence-corrected chi connectivity index (χ2v) is 7.12. The lowest BCUT2D eigenvalue weighted by Crippen LogP contribution is -2.35. The first-order valence-electron chi connectivity index (χ1n) is 7.55. The highest BCUT2D eigenvalue weighted by Gasteiger charge is 2.43. The van der Waals surface area contributed by atoms with Crippen LogP contribution < -0.4 is 10.1 Å². The first-order valence-corrected chi connectivity index (χ1v) is 7.55. The van der Waals surface area contributed by atoms with Crippen molar-refractivity contribution in [3.8, 4) is 11.8 Å². The topological polar surface area (TPSA) is 57.9 Å². The summed E-state index contributed by atoms with van der Waals surface area (Å²) < 4.78 is 5.98. The van der Waals surface area contributed by atoms with E-state index in [0.29, 0.717) is 19.6 Å². The van der Waals surface area contributed by atoms with E-state index >= 15 is 0 Å². The van der Waals surface area contributed by atoms with Crippen LogP contribution in [0.4, 0.5) is 0 Å². The molecule has 1 N–H and O–H groups in total. The number of nitrogens with one attached hydrogen (secondary N) is 1. The minimum atomic E-state index is 0.0429. The van der Waals surface area contributed by atoms with Gasteiger partial charge in [-0.25, -0.2) is 0 Å². The van der Waals surface area contributed by atoms with Crippen molar-refractivity contribution in [2.75, 3.05) is 6.61 Å². The summed E-state index contributed by atoms with van der Waals surface area (Å²) in [5.41, 5.74) is 2.07. The van der Waals surface area contributed by atoms with Gasteiger partial charge in [-0.2, -0.15) is 5.26 Å². The molecule has 1 fully saturated rings. The van der Waals surface area contributed by atoms with E-state index in [1.54, 1.807) is 0 Å². The summed E-state index contributed by atoms with van der Waals surface area (Å²) in [5.74, 6) is 0.835. The molecule has 1 aliphatic carbocycles. The smallest absolute Gasteiger partial charge is 0.142 e. The van der Waals surface area contributed by atoms with Gasteiger partial charge in [0.1, 0.15) is 5.75 Å². The van der Waals surface area contributed by atoms with Crippen LogP contribution >= 0.6 is 0 Å². The van der Waals surface area contributed by atoms with Crippen LogP contribution in [0.3, 0.4) is 0 Å². The highest BCUT2D eigenvalue weighted by molar-refractivity contribution is 5.29. The second-order valence-electron chi connectivity index (χ2n) is 7.12. The molecule has 21 heavy (non-hydrogen) atoms. The monoisotopic (exact) mass is 287 g/mol. The van der Waals surface area contributed by atoms with Gasteiger partial charge in [-0.1, -0.05) is 0 Å². The molecule has 0 spiro atoms. The molecule has 114 valence electrons. The molecule has 1 aromatic rings. The van der Waals surface area contributed by atoms with Gasteiger partial charge in [0.25, 0.3) is 0 Å². The summed E-state index contributed by atoms with van der Waals surface area (Å²) in [6, 6.07) is 6.23. The molecule has 0 unspecified atom stereocenters. The first kappa shape index (κ1) is 15.8. The number of pyridine rings is 1. The molecule has 0 atom stereocenters. The van der Waals surface area contributed by atoms with Gasteiger partial charge in [-0.3, -0.25) is 4.98 Å². The minimum Gasteiger partial charge on any atom is -0.491 e. The number of hydrogen-bond donors (Lipinski definition) is 1. The van der Waals surface area contributed by atoms with Crippen molar-refractivity contribution in [1.29, 1.82) is 5.26 Å². The highest BCUT2D eigenvalue weighted by atomic mass is 16.5. The van der Waals surface area contributed by atoms with Crippen LogP contribution in [0.15, 0.2) is 12.1 Å². The molecular formula is C17H25N3O. The number of nitriles is 1.